The molecule has 19 heavy (non-hydrogen) atoms. The number of hydrogen-bond acceptors (Lipinski definition) is 1. The number of aromatic nitrogens is 1. The Bertz CT molecular complexity index is 565. The van der Waals surface area contributed by atoms with Crippen molar-refractivity contribution >= 4 is 17.8 Å². The van der Waals surface area contributed by atoms with Crippen LogP contribution >= 0.6 is 0 Å². The van der Waals surface area contributed by atoms with Crippen LogP contribution in [-0.4, -0.2) is 18.7 Å². The van der Waals surface area contributed by atoms with E-state index < -0.39 is 0 Å². The van der Waals surface area contributed by atoms with E-state index in [2.05, 4.69) is 29.2 Å². The lowest BCUT2D eigenvalue weighted by Gasteiger charge is -2.11. The number of anilines is 1. The van der Waals surface area contributed by atoms with Gasteiger partial charge in [-0.3, -0.25) is 0 Å². The largest absolute Gasteiger partial charge is 0.378 e. The first-order valence-electron chi connectivity index (χ1n) is 6.41. The molecular formula is C16H19FN2. The van der Waals surface area contributed by atoms with E-state index in [9.17, 15) is 4.39 Å². The molecule has 0 aliphatic rings. The summed E-state index contributed by atoms with van der Waals surface area (Å²) in [5.41, 5.74) is 3.16. The van der Waals surface area contributed by atoms with Crippen molar-refractivity contribution in [3.63, 3.8) is 0 Å². The van der Waals surface area contributed by atoms with E-state index >= 15 is 0 Å². The maximum Gasteiger partial charge on any atom is 0.194 e. The lowest BCUT2D eigenvalue weighted by molar-refractivity contribution is 0.508. The van der Waals surface area contributed by atoms with E-state index in [4.69, 9.17) is 0 Å². The summed E-state index contributed by atoms with van der Waals surface area (Å²) in [6, 6.07) is 9.79. The summed E-state index contributed by atoms with van der Waals surface area (Å²) >= 11 is 0. The summed E-state index contributed by atoms with van der Waals surface area (Å²) in [4.78, 5) is 2.06. The fraction of sp³-hybridized carbons (Fsp3) is 0.250. The van der Waals surface area contributed by atoms with Crippen molar-refractivity contribution in [3.8, 4) is 0 Å². The number of aryl methyl sites for hydroxylation is 1. The van der Waals surface area contributed by atoms with Gasteiger partial charge in [-0.05, 0) is 30.2 Å². The van der Waals surface area contributed by atoms with Crippen molar-refractivity contribution < 1.29 is 4.39 Å². The summed E-state index contributed by atoms with van der Waals surface area (Å²) < 4.78 is 15.0. The molecule has 3 heteroatoms. The van der Waals surface area contributed by atoms with Gasteiger partial charge in [0.2, 0.25) is 0 Å². The minimum absolute atomic E-state index is 0.190. The van der Waals surface area contributed by atoms with Crippen LogP contribution in [0.15, 0.2) is 36.5 Å². The number of rotatable bonds is 4. The molecule has 1 aromatic carbocycles. The predicted octanol–water partition coefficient (Wildman–Crippen LogP) is 3.88. The lowest BCUT2D eigenvalue weighted by atomic mass is 10.1. The lowest BCUT2D eigenvalue weighted by Crippen LogP contribution is -2.07. The Labute approximate surface area is 113 Å². The van der Waals surface area contributed by atoms with Gasteiger partial charge >= 0.3 is 0 Å². The zero-order valence-electron chi connectivity index (χ0n) is 11.6. The third-order valence-electron chi connectivity index (χ3n) is 3.08. The van der Waals surface area contributed by atoms with Gasteiger partial charge in [0.15, 0.2) is 5.95 Å². The zero-order chi connectivity index (χ0) is 13.8. The van der Waals surface area contributed by atoms with E-state index in [1.54, 1.807) is 10.6 Å². The van der Waals surface area contributed by atoms with Crippen molar-refractivity contribution in [2.45, 2.75) is 13.5 Å². The second-order valence-electron chi connectivity index (χ2n) is 4.70. The highest BCUT2D eigenvalue weighted by Crippen LogP contribution is 2.15. The van der Waals surface area contributed by atoms with Gasteiger partial charge in [0, 0.05) is 38.6 Å². The van der Waals surface area contributed by atoms with E-state index in [0.717, 1.165) is 11.1 Å². The molecule has 0 saturated carbocycles. The van der Waals surface area contributed by atoms with E-state index in [1.807, 2.05) is 39.4 Å². The maximum atomic E-state index is 13.4. The van der Waals surface area contributed by atoms with Gasteiger partial charge in [-0.1, -0.05) is 24.3 Å². The van der Waals surface area contributed by atoms with Gasteiger partial charge in [0.1, 0.15) is 0 Å². The quantitative estimate of drug-likeness (QED) is 0.808. The van der Waals surface area contributed by atoms with Crippen molar-refractivity contribution in [2.24, 2.45) is 0 Å². The summed E-state index contributed by atoms with van der Waals surface area (Å²) in [5.74, 6) is -0.190. The average molecular weight is 258 g/mol. The molecule has 0 aliphatic carbocycles. The Hall–Kier alpha value is -2.03. The Morgan fingerprint density at radius 2 is 1.74 bits per heavy atom. The minimum Gasteiger partial charge on any atom is -0.378 e. The molecular weight excluding hydrogens is 239 g/mol. The molecule has 0 fully saturated rings. The molecule has 0 amide bonds. The van der Waals surface area contributed by atoms with Crippen LogP contribution in [-0.2, 0) is 6.54 Å². The van der Waals surface area contributed by atoms with Gasteiger partial charge in [0.25, 0.3) is 0 Å². The molecule has 0 atom stereocenters. The number of benzene rings is 1. The first-order valence-corrected chi connectivity index (χ1v) is 6.41. The molecule has 0 radical (unpaired) electrons. The van der Waals surface area contributed by atoms with Crippen molar-refractivity contribution in [3.05, 3.63) is 53.6 Å². The monoisotopic (exact) mass is 258 g/mol. The van der Waals surface area contributed by atoms with E-state index in [-0.39, 0.29) is 5.95 Å². The summed E-state index contributed by atoms with van der Waals surface area (Å²) in [6.45, 7) is 2.58. The highest BCUT2D eigenvalue weighted by atomic mass is 19.1. The molecule has 0 aliphatic heterocycles. The molecule has 0 saturated heterocycles. The molecule has 0 unspecified atom stereocenters. The molecule has 2 nitrogen and oxygen atoms in total. The third-order valence-corrected chi connectivity index (χ3v) is 3.08. The number of hydrogen-bond donors (Lipinski definition) is 0. The Balaban J connectivity index is 2.13. The van der Waals surface area contributed by atoms with E-state index in [0.29, 0.717) is 6.54 Å². The van der Waals surface area contributed by atoms with Gasteiger partial charge in [-0.2, -0.15) is 4.39 Å². The fourth-order valence-corrected chi connectivity index (χ4v) is 1.91. The van der Waals surface area contributed by atoms with Crippen LogP contribution in [0.1, 0.15) is 18.1 Å². The van der Waals surface area contributed by atoms with Crippen LogP contribution in [0, 0.1) is 5.95 Å². The van der Waals surface area contributed by atoms with Gasteiger partial charge in [0.05, 0.1) is 0 Å². The topological polar surface area (TPSA) is 8.17 Å². The highest BCUT2D eigenvalue weighted by molar-refractivity contribution is 5.70. The Morgan fingerprint density at radius 1 is 1.11 bits per heavy atom. The molecule has 1 heterocycles. The van der Waals surface area contributed by atoms with Crippen LogP contribution in [0.3, 0.4) is 0 Å². The predicted molar refractivity (Wildman–Crippen MR) is 79.8 cm³/mol. The Morgan fingerprint density at radius 3 is 2.26 bits per heavy atom. The third kappa shape index (κ3) is 3.25. The Kier molecular flexibility index (Phi) is 4.05. The summed E-state index contributed by atoms with van der Waals surface area (Å²) in [7, 11) is 4.03. The smallest absolute Gasteiger partial charge is 0.194 e. The summed E-state index contributed by atoms with van der Waals surface area (Å²) in [5, 5.41) is 0. The normalized spacial score (nSPS) is 11.2. The standard InChI is InChI=1S/C16H19FN2/c1-4-19-12-14(11-16(19)17)6-5-13-7-9-15(10-8-13)18(2)3/h5-12H,4H2,1-3H3/b6-5+. The second-order valence-corrected chi connectivity index (χ2v) is 4.70. The van der Waals surface area contributed by atoms with Crippen molar-refractivity contribution in [1.29, 1.82) is 0 Å². The molecule has 1 aromatic heterocycles. The van der Waals surface area contributed by atoms with Gasteiger partial charge in [-0.15, -0.1) is 0 Å². The molecule has 0 bridgehead atoms. The minimum atomic E-state index is -0.190. The first kappa shape index (κ1) is 13.4. The first-order chi connectivity index (χ1) is 9.10. The van der Waals surface area contributed by atoms with Crippen molar-refractivity contribution in [2.75, 3.05) is 19.0 Å². The van der Waals surface area contributed by atoms with Crippen LogP contribution in [0.2, 0.25) is 0 Å². The van der Waals surface area contributed by atoms with Crippen LogP contribution in [0.4, 0.5) is 10.1 Å². The van der Waals surface area contributed by atoms with Crippen molar-refractivity contribution in [1.82, 2.24) is 4.57 Å². The number of nitrogens with zero attached hydrogens (tertiary/aromatic N) is 2. The molecule has 2 rings (SSSR count). The molecule has 2 aromatic rings. The molecule has 0 N–H and O–H groups in total. The average Bonchev–Trinajstić information content (AvgIpc) is 2.77. The molecule has 0 spiro atoms. The second kappa shape index (κ2) is 5.74. The van der Waals surface area contributed by atoms with Crippen LogP contribution < -0.4 is 4.90 Å². The highest BCUT2D eigenvalue weighted by Gasteiger charge is 2.00. The van der Waals surface area contributed by atoms with E-state index in [1.165, 1.54) is 5.69 Å². The zero-order valence-corrected chi connectivity index (χ0v) is 11.6. The summed E-state index contributed by atoms with van der Waals surface area (Å²) in [6.07, 6.45) is 5.74. The van der Waals surface area contributed by atoms with Crippen LogP contribution in [0.5, 0.6) is 0 Å². The van der Waals surface area contributed by atoms with Gasteiger partial charge < -0.3 is 9.47 Å². The van der Waals surface area contributed by atoms with Crippen LogP contribution in [0.25, 0.3) is 12.2 Å². The maximum absolute atomic E-state index is 13.4. The number of halogens is 1. The van der Waals surface area contributed by atoms with Gasteiger partial charge in [-0.25, -0.2) is 0 Å². The molecule has 100 valence electrons. The SMILES string of the molecule is CCn1cc(/C=C/c2ccc(N(C)C)cc2)cc1F. The fourth-order valence-electron chi connectivity index (χ4n) is 1.91.